The molecule has 2 aromatic heterocycles. The molecule has 0 aromatic carbocycles. The highest BCUT2D eigenvalue weighted by molar-refractivity contribution is 6.84. The fourth-order valence-electron chi connectivity index (χ4n) is 6.58. The number of hydrogen-bond donors (Lipinski definition) is 1. The molecule has 0 amide bonds. The minimum Gasteiger partial charge on any atom is -0.476 e. The highest BCUT2D eigenvalue weighted by Gasteiger charge is 2.66. The van der Waals surface area contributed by atoms with E-state index in [1.165, 1.54) is 0 Å². The lowest BCUT2D eigenvalue weighted by Gasteiger charge is -2.51. The van der Waals surface area contributed by atoms with Crippen LogP contribution in [-0.4, -0.2) is 81.8 Å². The molecule has 1 N–H and O–H groups in total. The van der Waals surface area contributed by atoms with Crippen molar-refractivity contribution >= 4 is 42.3 Å². The summed E-state index contributed by atoms with van der Waals surface area (Å²) in [5.41, 5.74) is 2.21. The predicted molar refractivity (Wildman–Crippen MR) is 197 cm³/mol. The van der Waals surface area contributed by atoms with Crippen LogP contribution in [0.5, 0.6) is 5.88 Å². The number of nitrogens with zero attached hydrogens (tertiary/aromatic N) is 4. The molecule has 2 fully saturated rings. The normalized spacial score (nSPS) is 26.5. The van der Waals surface area contributed by atoms with Crippen molar-refractivity contribution in [1.29, 1.82) is 0 Å². The summed E-state index contributed by atoms with van der Waals surface area (Å²) in [6, 6.07) is 0.0799. The van der Waals surface area contributed by atoms with E-state index in [1.807, 2.05) is 6.92 Å². The molecule has 4 rings (SSSR count). The molecular weight excluding hydrogens is 662 g/mol. The number of aromatic nitrogens is 4. The Hall–Kier alpha value is -1.87. The fraction of sp³-hybridized carbons (Fsp3) is 0.794. The third-order valence-corrected chi connectivity index (χ3v) is 20.8. The number of hydrogen-bond acceptors (Lipinski definition) is 9. The van der Waals surface area contributed by atoms with E-state index < -0.39 is 49.3 Å². The van der Waals surface area contributed by atoms with Gasteiger partial charge in [-0.1, -0.05) is 94.8 Å². The molecule has 0 radical (unpaired) electrons. The van der Waals surface area contributed by atoms with Gasteiger partial charge in [0, 0.05) is 6.04 Å². The van der Waals surface area contributed by atoms with Crippen molar-refractivity contribution < 1.29 is 26.8 Å². The molecule has 4 heterocycles. The highest BCUT2D eigenvalue weighted by atomic mass is 28.5. The number of fused-ring (bicyclic) bond motifs is 2. The third-order valence-electron chi connectivity index (χ3n) is 9.65. The van der Waals surface area contributed by atoms with Crippen LogP contribution in [0.3, 0.4) is 0 Å². The van der Waals surface area contributed by atoms with Crippen molar-refractivity contribution in [2.24, 2.45) is 5.92 Å². The second kappa shape index (κ2) is 14.4. The average Bonchev–Trinajstić information content (AvgIpc) is 3.49. The molecular formula is C34H60FN5O5Si3. The minimum absolute atomic E-state index is 0.0182. The topological polar surface area (TPSA) is 102 Å². The zero-order valence-corrected chi connectivity index (χ0v) is 34.9. The number of alkyl halides is 1. The molecule has 2 saturated heterocycles. The van der Waals surface area contributed by atoms with E-state index in [4.69, 9.17) is 27.4 Å². The monoisotopic (exact) mass is 721 g/mol. The first kappa shape index (κ1) is 38.9. The molecule has 14 heteroatoms. The quantitative estimate of drug-likeness (QED) is 0.193. The maximum Gasteiger partial charge on any atom is 0.335 e. The summed E-state index contributed by atoms with van der Waals surface area (Å²) in [6.07, 6.45) is -1.46. The van der Waals surface area contributed by atoms with Crippen molar-refractivity contribution in [1.82, 2.24) is 19.5 Å². The van der Waals surface area contributed by atoms with Crippen LogP contribution >= 0.6 is 0 Å². The predicted octanol–water partition coefficient (Wildman–Crippen LogP) is 8.12. The lowest BCUT2D eigenvalue weighted by molar-refractivity contribution is -0.0568. The van der Waals surface area contributed by atoms with Crippen molar-refractivity contribution in [3.05, 3.63) is 6.33 Å². The van der Waals surface area contributed by atoms with Crippen LogP contribution < -0.4 is 10.1 Å². The SMILES string of the molecule is CCOc1nc(NC(C)C(C)C)nc2c1ncn2[C@@H]1O[C@@H]2CO[Si](C(C)C)(C(C)C)O[Si](C(C)C)(C(C)C)O[C@H]2[C@]1(F)C#C[Si](C)(C)C. The van der Waals surface area contributed by atoms with Gasteiger partial charge in [0.05, 0.1) is 19.5 Å². The Labute approximate surface area is 291 Å². The average molecular weight is 722 g/mol. The van der Waals surface area contributed by atoms with E-state index in [0.717, 1.165) is 0 Å². The van der Waals surface area contributed by atoms with E-state index in [-0.39, 0.29) is 34.8 Å². The zero-order chi connectivity index (χ0) is 36.0. The number of imidazole rings is 1. The molecule has 270 valence electrons. The highest BCUT2D eigenvalue weighted by Crippen LogP contribution is 2.52. The first-order valence-corrected chi connectivity index (χ1v) is 25.2. The molecule has 2 aliphatic rings. The summed E-state index contributed by atoms with van der Waals surface area (Å²) < 4.78 is 54.4. The summed E-state index contributed by atoms with van der Waals surface area (Å²) in [6.45, 7) is 32.2. The first-order chi connectivity index (χ1) is 22.2. The summed E-state index contributed by atoms with van der Waals surface area (Å²) in [5.74, 6) is 4.14. The van der Waals surface area contributed by atoms with Gasteiger partial charge in [0.25, 0.3) is 0 Å². The number of ether oxygens (including phenoxy) is 2. The van der Waals surface area contributed by atoms with Crippen LogP contribution in [0.25, 0.3) is 11.2 Å². The lowest BCUT2D eigenvalue weighted by atomic mass is 9.97. The van der Waals surface area contributed by atoms with Gasteiger partial charge in [0.15, 0.2) is 17.4 Å². The van der Waals surface area contributed by atoms with E-state index in [1.54, 1.807) is 10.9 Å². The molecule has 10 nitrogen and oxygen atoms in total. The van der Waals surface area contributed by atoms with Gasteiger partial charge in [0.1, 0.15) is 20.3 Å². The summed E-state index contributed by atoms with van der Waals surface area (Å²) in [4.78, 5) is 14.1. The number of halogens is 1. The Bertz CT molecular complexity index is 1470. The van der Waals surface area contributed by atoms with Crippen LogP contribution in [0, 0.1) is 17.4 Å². The fourth-order valence-corrected chi connectivity index (χ4v) is 18.4. The van der Waals surface area contributed by atoms with Crippen molar-refractivity contribution in [2.45, 2.75) is 155 Å². The van der Waals surface area contributed by atoms with Gasteiger partial charge in [-0.15, -0.1) is 5.54 Å². The van der Waals surface area contributed by atoms with E-state index in [2.05, 4.69) is 123 Å². The Morgan fingerprint density at radius 3 is 2.12 bits per heavy atom. The molecule has 0 bridgehead atoms. The molecule has 5 atom stereocenters. The summed E-state index contributed by atoms with van der Waals surface area (Å²) in [7, 11) is -8.10. The van der Waals surface area contributed by atoms with Gasteiger partial charge in [-0.25, -0.2) is 9.37 Å². The second-order valence-corrected chi connectivity index (χ2v) is 29.7. The third kappa shape index (κ3) is 7.29. The van der Waals surface area contributed by atoms with Crippen LogP contribution in [-0.2, 0) is 17.7 Å². The van der Waals surface area contributed by atoms with Crippen molar-refractivity contribution in [3.8, 4) is 17.3 Å². The molecule has 0 saturated carbocycles. The van der Waals surface area contributed by atoms with Crippen LogP contribution in [0.1, 0.15) is 89.3 Å². The van der Waals surface area contributed by atoms with Crippen LogP contribution in [0.15, 0.2) is 6.33 Å². The standard InChI is InChI=1S/C34H60FN5O5Si3/c1-16-41-31-28-30(38-33(39-31)37-26(12)21(2)3)40(20-36-28)32-34(35,17-18-46(13,14)15)29-27(43-32)19-42-47(22(4)5,23(6)7)45-48(44-29,24(8)9)25(10)11/h20-27,29,32H,16,19H2,1-15H3,(H,37,38,39)/t26?,27-,29-,32-,34-/m1/s1. The van der Waals surface area contributed by atoms with Crippen molar-refractivity contribution in [2.75, 3.05) is 18.5 Å². The number of anilines is 1. The van der Waals surface area contributed by atoms with Gasteiger partial charge in [-0.05, 0) is 41.9 Å². The van der Waals surface area contributed by atoms with Gasteiger partial charge in [0.2, 0.25) is 17.5 Å². The smallest absolute Gasteiger partial charge is 0.335 e. The van der Waals surface area contributed by atoms with E-state index in [9.17, 15) is 0 Å². The second-order valence-electron chi connectivity index (χ2n) is 16.1. The molecule has 0 spiro atoms. The first-order valence-electron chi connectivity index (χ1n) is 17.8. The Morgan fingerprint density at radius 2 is 1.60 bits per heavy atom. The Morgan fingerprint density at radius 1 is 1.00 bits per heavy atom. The molecule has 2 aliphatic heterocycles. The maximum absolute atomic E-state index is 18.5. The van der Waals surface area contributed by atoms with Gasteiger partial charge in [-0.2, -0.15) is 9.97 Å². The molecule has 2 aromatic rings. The van der Waals surface area contributed by atoms with Crippen LogP contribution in [0.4, 0.5) is 10.3 Å². The lowest BCUT2D eigenvalue weighted by Crippen LogP contribution is -2.66. The molecule has 1 unspecified atom stereocenters. The molecule has 48 heavy (non-hydrogen) atoms. The minimum atomic E-state index is -3.18. The largest absolute Gasteiger partial charge is 0.476 e. The number of nitrogens with one attached hydrogen (secondary N) is 1. The van der Waals surface area contributed by atoms with E-state index >= 15 is 4.39 Å². The van der Waals surface area contributed by atoms with Crippen LogP contribution in [0.2, 0.25) is 41.8 Å². The van der Waals surface area contributed by atoms with Gasteiger partial charge >= 0.3 is 17.1 Å². The Kier molecular flexibility index (Phi) is 11.7. The summed E-state index contributed by atoms with van der Waals surface area (Å²) >= 11 is 0. The maximum atomic E-state index is 18.5. The van der Waals surface area contributed by atoms with Gasteiger partial charge < -0.3 is 27.8 Å². The molecule has 0 aliphatic carbocycles. The zero-order valence-electron chi connectivity index (χ0n) is 31.9. The van der Waals surface area contributed by atoms with Gasteiger partial charge in [-0.3, -0.25) is 4.57 Å². The van der Waals surface area contributed by atoms with E-state index in [0.29, 0.717) is 35.5 Å². The van der Waals surface area contributed by atoms with Crippen molar-refractivity contribution in [3.63, 3.8) is 0 Å². The Balaban J connectivity index is 1.97. The number of rotatable bonds is 10. The summed E-state index contributed by atoms with van der Waals surface area (Å²) in [5, 5.41) is 3.39.